The highest BCUT2D eigenvalue weighted by Gasteiger charge is 2.26. The third-order valence-corrected chi connectivity index (χ3v) is 7.60. The van der Waals surface area contributed by atoms with Crippen LogP contribution in [0.1, 0.15) is 21.5 Å². The summed E-state index contributed by atoms with van der Waals surface area (Å²) in [7, 11) is -4.38. The lowest BCUT2D eigenvalue weighted by Crippen LogP contribution is -2.38. The van der Waals surface area contributed by atoms with E-state index in [-0.39, 0.29) is 21.3 Å². The Balaban J connectivity index is 1.48. The first-order chi connectivity index (χ1) is 16.7. The third-order valence-electron chi connectivity index (χ3n) is 5.46. The van der Waals surface area contributed by atoms with Crippen molar-refractivity contribution in [1.29, 1.82) is 0 Å². The number of carbonyl (C=O) groups excluding carboxylic acids is 2. The number of benzene rings is 3. The van der Waals surface area contributed by atoms with Crippen molar-refractivity contribution in [3.05, 3.63) is 93.2 Å². The van der Waals surface area contributed by atoms with Crippen LogP contribution >= 0.6 is 23.2 Å². The van der Waals surface area contributed by atoms with Crippen molar-refractivity contribution in [3.63, 3.8) is 0 Å². The van der Waals surface area contributed by atoms with Crippen LogP contribution in [0.5, 0.6) is 0 Å². The molecule has 1 aliphatic rings. The van der Waals surface area contributed by atoms with Gasteiger partial charge < -0.3 is 9.64 Å². The van der Waals surface area contributed by atoms with Crippen molar-refractivity contribution in [1.82, 2.24) is 4.90 Å². The summed E-state index contributed by atoms with van der Waals surface area (Å²) in [5.74, 6) is -2.19. The Labute approximate surface area is 211 Å². The number of carbonyl (C=O) groups is 2. The molecule has 0 atom stereocenters. The molecule has 182 valence electrons. The number of esters is 1. The molecule has 3 aromatic carbocycles. The van der Waals surface area contributed by atoms with E-state index >= 15 is 0 Å². The standard InChI is InChI=1S/C24H19Cl2FN2O5S/c25-18-12-19(26)22(35(32,33)28-21-8-4-3-7-20(21)27)11-17(18)24(31)34-14-23(30)29-10-9-15-5-1-2-6-16(15)13-29/h1-8,11-12,28H,9-10,13-14H2. The van der Waals surface area contributed by atoms with Crippen molar-refractivity contribution < 1.29 is 27.1 Å². The van der Waals surface area contributed by atoms with Crippen molar-refractivity contribution in [3.8, 4) is 0 Å². The second-order valence-corrected chi connectivity index (χ2v) is 10.2. The first-order valence-electron chi connectivity index (χ1n) is 10.4. The summed E-state index contributed by atoms with van der Waals surface area (Å²) < 4.78 is 46.8. The van der Waals surface area contributed by atoms with Gasteiger partial charge in [-0.15, -0.1) is 0 Å². The fourth-order valence-corrected chi connectivity index (χ4v) is 5.56. The Morgan fingerprint density at radius 2 is 1.69 bits per heavy atom. The first kappa shape index (κ1) is 25.0. The van der Waals surface area contributed by atoms with Gasteiger partial charge in [0.05, 0.1) is 21.3 Å². The molecule has 0 bridgehead atoms. The molecule has 3 aromatic rings. The van der Waals surface area contributed by atoms with Crippen molar-refractivity contribution >= 4 is 50.8 Å². The molecule has 0 unspecified atom stereocenters. The molecule has 1 heterocycles. The zero-order valence-electron chi connectivity index (χ0n) is 18.1. The number of hydrogen-bond acceptors (Lipinski definition) is 5. The first-order valence-corrected chi connectivity index (χ1v) is 12.7. The minimum absolute atomic E-state index is 0.163. The molecule has 0 saturated heterocycles. The zero-order valence-corrected chi connectivity index (χ0v) is 20.5. The minimum Gasteiger partial charge on any atom is -0.452 e. The molecule has 7 nitrogen and oxygen atoms in total. The van der Waals surface area contributed by atoms with Gasteiger partial charge in [-0.1, -0.05) is 59.6 Å². The van der Waals surface area contributed by atoms with E-state index in [1.54, 1.807) is 4.90 Å². The highest BCUT2D eigenvalue weighted by Crippen LogP contribution is 2.31. The van der Waals surface area contributed by atoms with Crippen LogP contribution in [-0.2, 0) is 32.5 Å². The fraction of sp³-hybridized carbons (Fsp3) is 0.167. The Morgan fingerprint density at radius 3 is 2.43 bits per heavy atom. The van der Waals surface area contributed by atoms with E-state index in [0.717, 1.165) is 23.8 Å². The molecule has 1 N–H and O–H groups in total. The number of ether oxygens (including phenoxy) is 1. The molecule has 0 radical (unpaired) electrons. The van der Waals surface area contributed by atoms with Crippen LogP contribution in [0.4, 0.5) is 10.1 Å². The largest absolute Gasteiger partial charge is 0.452 e. The fourth-order valence-electron chi connectivity index (χ4n) is 3.64. The summed E-state index contributed by atoms with van der Waals surface area (Å²) in [6.45, 7) is 0.340. The van der Waals surface area contributed by atoms with Gasteiger partial charge in [0.25, 0.3) is 15.9 Å². The number of rotatable bonds is 6. The predicted octanol–water partition coefficient (Wildman–Crippen LogP) is 4.68. The molecule has 11 heteroatoms. The van der Waals surface area contributed by atoms with Crippen molar-refractivity contribution in [2.75, 3.05) is 17.9 Å². The molecule has 0 spiro atoms. The maximum absolute atomic E-state index is 13.9. The van der Waals surface area contributed by atoms with Gasteiger partial charge in [-0.25, -0.2) is 17.6 Å². The normalized spacial score (nSPS) is 13.2. The number of halogens is 3. The number of hydrogen-bond donors (Lipinski definition) is 1. The van der Waals surface area contributed by atoms with E-state index < -0.39 is 39.2 Å². The van der Waals surface area contributed by atoms with Crippen LogP contribution in [0.15, 0.2) is 65.6 Å². The minimum atomic E-state index is -4.38. The van der Waals surface area contributed by atoms with E-state index in [4.69, 9.17) is 27.9 Å². The number of fused-ring (bicyclic) bond motifs is 1. The van der Waals surface area contributed by atoms with Gasteiger partial charge in [0.1, 0.15) is 10.7 Å². The Morgan fingerprint density at radius 1 is 1.00 bits per heavy atom. The predicted molar refractivity (Wildman–Crippen MR) is 130 cm³/mol. The molecule has 1 amide bonds. The molecule has 0 saturated carbocycles. The Kier molecular flexibility index (Phi) is 7.30. The summed E-state index contributed by atoms with van der Waals surface area (Å²) in [6.07, 6.45) is 0.690. The number of anilines is 1. The summed E-state index contributed by atoms with van der Waals surface area (Å²) >= 11 is 12.2. The van der Waals surface area contributed by atoms with Gasteiger partial charge in [-0.3, -0.25) is 9.52 Å². The molecular weight excluding hydrogens is 518 g/mol. The lowest BCUT2D eigenvalue weighted by atomic mass is 10.00. The molecule has 4 rings (SSSR count). The van der Waals surface area contributed by atoms with Gasteiger partial charge >= 0.3 is 5.97 Å². The average Bonchev–Trinajstić information content (AvgIpc) is 2.83. The number of para-hydroxylation sites is 1. The smallest absolute Gasteiger partial charge is 0.340 e. The van der Waals surface area contributed by atoms with Gasteiger partial charge in [0.2, 0.25) is 0 Å². The van der Waals surface area contributed by atoms with Crippen LogP contribution in [0.2, 0.25) is 10.0 Å². The molecule has 0 fully saturated rings. The second kappa shape index (κ2) is 10.2. The van der Waals surface area contributed by atoms with Gasteiger partial charge in [0, 0.05) is 13.1 Å². The lowest BCUT2D eigenvalue weighted by Gasteiger charge is -2.28. The zero-order chi connectivity index (χ0) is 25.2. The highest BCUT2D eigenvalue weighted by atomic mass is 35.5. The molecule has 0 aliphatic carbocycles. The second-order valence-electron chi connectivity index (χ2n) is 7.76. The van der Waals surface area contributed by atoms with Gasteiger partial charge in [-0.05, 0) is 41.8 Å². The monoisotopic (exact) mass is 536 g/mol. The van der Waals surface area contributed by atoms with Gasteiger partial charge in [0.15, 0.2) is 6.61 Å². The van der Waals surface area contributed by atoms with Crippen LogP contribution < -0.4 is 4.72 Å². The maximum Gasteiger partial charge on any atom is 0.340 e. The van der Waals surface area contributed by atoms with Crippen molar-refractivity contribution in [2.45, 2.75) is 17.9 Å². The molecule has 0 aromatic heterocycles. The number of nitrogens with one attached hydrogen (secondary N) is 1. The summed E-state index contributed by atoms with van der Waals surface area (Å²) in [4.78, 5) is 26.3. The molecular formula is C24H19Cl2FN2O5S. The van der Waals surface area contributed by atoms with Crippen LogP contribution in [0.25, 0.3) is 0 Å². The van der Waals surface area contributed by atoms with Crippen LogP contribution in [-0.4, -0.2) is 38.3 Å². The van der Waals surface area contributed by atoms with Crippen LogP contribution in [0, 0.1) is 5.82 Å². The highest BCUT2D eigenvalue weighted by molar-refractivity contribution is 7.92. The molecule has 1 aliphatic heterocycles. The SMILES string of the molecule is O=C(OCC(=O)N1CCc2ccccc2C1)c1cc(S(=O)(=O)Nc2ccccc2F)c(Cl)cc1Cl. The summed E-state index contributed by atoms with van der Waals surface area (Å²) in [5.41, 5.74) is 1.59. The third kappa shape index (κ3) is 5.58. The number of amides is 1. The molecule has 35 heavy (non-hydrogen) atoms. The lowest BCUT2D eigenvalue weighted by molar-refractivity contribution is -0.135. The van der Waals surface area contributed by atoms with E-state index in [1.807, 2.05) is 24.3 Å². The Bertz CT molecular complexity index is 1410. The maximum atomic E-state index is 13.9. The Hall–Kier alpha value is -3.14. The van der Waals surface area contributed by atoms with Crippen LogP contribution in [0.3, 0.4) is 0 Å². The van der Waals surface area contributed by atoms with E-state index in [1.165, 1.54) is 23.8 Å². The number of nitrogens with zero attached hydrogens (tertiary/aromatic N) is 1. The van der Waals surface area contributed by atoms with Crippen molar-refractivity contribution in [2.24, 2.45) is 0 Å². The van der Waals surface area contributed by atoms with Gasteiger partial charge in [-0.2, -0.15) is 0 Å². The summed E-state index contributed by atoms with van der Waals surface area (Å²) in [5, 5.41) is -0.442. The quantitative estimate of drug-likeness (QED) is 0.462. The van der Waals surface area contributed by atoms with E-state index in [9.17, 15) is 22.4 Å². The van der Waals surface area contributed by atoms with E-state index in [2.05, 4.69) is 4.72 Å². The summed E-state index contributed by atoms with van der Waals surface area (Å²) in [6, 6.07) is 14.9. The average molecular weight is 537 g/mol. The van der Waals surface area contributed by atoms with E-state index in [0.29, 0.717) is 19.5 Å². The number of sulfonamides is 1. The topological polar surface area (TPSA) is 92.8 Å².